The minimum atomic E-state index is -0.723. The SMILES string of the molecule is COc1cc(C(C)O)c(OC)cc1F. The van der Waals surface area contributed by atoms with Crippen LogP contribution < -0.4 is 9.47 Å². The van der Waals surface area contributed by atoms with Gasteiger partial charge in [-0.2, -0.15) is 0 Å². The van der Waals surface area contributed by atoms with Crippen LogP contribution in [0, 0.1) is 5.82 Å². The topological polar surface area (TPSA) is 38.7 Å². The first kappa shape index (κ1) is 10.8. The molecule has 0 heterocycles. The Labute approximate surface area is 82.1 Å². The molecular formula is C10H13FO3. The molecule has 1 unspecified atom stereocenters. The summed E-state index contributed by atoms with van der Waals surface area (Å²) in [7, 11) is 2.80. The molecule has 0 spiro atoms. The van der Waals surface area contributed by atoms with Crippen molar-refractivity contribution in [2.45, 2.75) is 13.0 Å². The Balaban J connectivity index is 3.25. The molecule has 1 aromatic carbocycles. The highest BCUT2D eigenvalue weighted by Gasteiger charge is 2.14. The maximum Gasteiger partial charge on any atom is 0.168 e. The molecule has 0 bridgehead atoms. The van der Waals surface area contributed by atoms with Crippen LogP contribution in [-0.2, 0) is 0 Å². The Kier molecular flexibility index (Phi) is 3.30. The summed E-state index contributed by atoms with van der Waals surface area (Å²) >= 11 is 0. The van der Waals surface area contributed by atoms with Crippen LogP contribution in [0.2, 0.25) is 0 Å². The van der Waals surface area contributed by atoms with Crippen LogP contribution in [0.1, 0.15) is 18.6 Å². The maximum atomic E-state index is 13.2. The molecule has 1 rings (SSSR count). The molecule has 0 fully saturated rings. The second-order valence-electron chi connectivity index (χ2n) is 2.90. The molecular weight excluding hydrogens is 187 g/mol. The van der Waals surface area contributed by atoms with Gasteiger partial charge in [0.25, 0.3) is 0 Å². The first-order valence-corrected chi connectivity index (χ1v) is 4.19. The maximum absolute atomic E-state index is 13.2. The Morgan fingerprint density at radius 1 is 1.21 bits per heavy atom. The predicted molar refractivity (Wildman–Crippen MR) is 50.1 cm³/mol. The quantitative estimate of drug-likeness (QED) is 0.809. The van der Waals surface area contributed by atoms with Crippen molar-refractivity contribution in [3.63, 3.8) is 0 Å². The van der Waals surface area contributed by atoms with Gasteiger partial charge in [-0.1, -0.05) is 0 Å². The van der Waals surface area contributed by atoms with E-state index in [1.54, 1.807) is 6.92 Å². The van der Waals surface area contributed by atoms with Crippen molar-refractivity contribution < 1.29 is 19.0 Å². The Bertz CT molecular complexity index is 323. The summed E-state index contributed by atoms with van der Waals surface area (Å²) in [5.41, 5.74) is 0.505. The van der Waals surface area contributed by atoms with Crippen molar-refractivity contribution in [1.82, 2.24) is 0 Å². The first-order chi connectivity index (χ1) is 6.60. The monoisotopic (exact) mass is 200 g/mol. The third kappa shape index (κ3) is 1.96. The first-order valence-electron chi connectivity index (χ1n) is 4.19. The fraction of sp³-hybridized carbons (Fsp3) is 0.400. The van der Waals surface area contributed by atoms with Gasteiger partial charge in [0.2, 0.25) is 0 Å². The lowest BCUT2D eigenvalue weighted by Gasteiger charge is -2.13. The van der Waals surface area contributed by atoms with E-state index in [0.717, 1.165) is 0 Å². The molecule has 0 saturated carbocycles. The smallest absolute Gasteiger partial charge is 0.168 e. The van der Waals surface area contributed by atoms with Gasteiger partial charge >= 0.3 is 0 Å². The highest BCUT2D eigenvalue weighted by atomic mass is 19.1. The second-order valence-corrected chi connectivity index (χ2v) is 2.90. The average molecular weight is 200 g/mol. The van der Waals surface area contributed by atoms with Crippen molar-refractivity contribution >= 4 is 0 Å². The number of halogens is 1. The van der Waals surface area contributed by atoms with Crippen LogP contribution in [0.5, 0.6) is 11.5 Å². The summed E-state index contributed by atoms with van der Waals surface area (Å²) in [6.45, 7) is 1.58. The number of ether oxygens (including phenoxy) is 2. The third-order valence-electron chi connectivity index (χ3n) is 1.95. The number of hydrogen-bond acceptors (Lipinski definition) is 3. The second kappa shape index (κ2) is 4.28. The van der Waals surface area contributed by atoms with Crippen molar-refractivity contribution in [3.05, 3.63) is 23.5 Å². The molecule has 0 saturated heterocycles. The summed E-state index contributed by atoms with van der Waals surface area (Å²) in [5.74, 6) is -0.0891. The van der Waals surface area contributed by atoms with E-state index in [0.29, 0.717) is 11.3 Å². The fourth-order valence-corrected chi connectivity index (χ4v) is 1.21. The molecule has 0 aliphatic heterocycles. The molecule has 0 aliphatic rings. The van der Waals surface area contributed by atoms with Gasteiger partial charge in [-0.05, 0) is 13.0 Å². The van der Waals surface area contributed by atoms with Crippen LogP contribution in [0.3, 0.4) is 0 Å². The lowest BCUT2D eigenvalue weighted by Crippen LogP contribution is -1.99. The zero-order valence-electron chi connectivity index (χ0n) is 8.37. The van der Waals surface area contributed by atoms with Gasteiger partial charge in [0.05, 0.1) is 20.3 Å². The standard InChI is InChI=1S/C10H13FO3/c1-6(12)7-4-10(14-3)8(11)5-9(7)13-2/h4-6,12H,1-3H3. The molecule has 14 heavy (non-hydrogen) atoms. The van der Waals surface area contributed by atoms with E-state index in [9.17, 15) is 9.50 Å². The van der Waals surface area contributed by atoms with Crippen LogP contribution in [-0.4, -0.2) is 19.3 Å². The number of aliphatic hydroxyl groups is 1. The molecule has 1 atom stereocenters. The van der Waals surface area contributed by atoms with Crippen molar-refractivity contribution in [1.29, 1.82) is 0 Å². The van der Waals surface area contributed by atoms with Gasteiger partial charge in [0.15, 0.2) is 11.6 Å². The fourth-order valence-electron chi connectivity index (χ4n) is 1.21. The summed E-state index contributed by atoms with van der Waals surface area (Å²) < 4.78 is 22.9. The van der Waals surface area contributed by atoms with Crippen molar-refractivity contribution in [2.75, 3.05) is 14.2 Å². The number of aliphatic hydroxyl groups excluding tert-OH is 1. The van der Waals surface area contributed by atoms with Gasteiger partial charge in [-0.25, -0.2) is 4.39 Å². The van der Waals surface area contributed by atoms with Crippen LogP contribution in [0.15, 0.2) is 12.1 Å². The zero-order chi connectivity index (χ0) is 10.7. The van der Waals surface area contributed by atoms with Gasteiger partial charge in [-0.3, -0.25) is 0 Å². The summed E-state index contributed by atoms with van der Waals surface area (Å²) in [6, 6.07) is 2.62. The summed E-state index contributed by atoms with van der Waals surface area (Å²) in [4.78, 5) is 0. The predicted octanol–water partition coefficient (Wildman–Crippen LogP) is 1.90. The molecule has 0 aliphatic carbocycles. The molecule has 0 amide bonds. The minimum absolute atomic E-state index is 0.0988. The Hall–Kier alpha value is -1.29. The van der Waals surface area contributed by atoms with Crippen LogP contribution in [0.4, 0.5) is 4.39 Å². The summed E-state index contributed by atoms with van der Waals surface area (Å²) in [5, 5.41) is 9.39. The molecule has 0 radical (unpaired) electrons. The number of rotatable bonds is 3. The Morgan fingerprint density at radius 3 is 2.21 bits per heavy atom. The molecule has 1 aromatic rings. The van der Waals surface area contributed by atoms with Gasteiger partial charge in [0.1, 0.15) is 5.75 Å². The number of benzene rings is 1. The van der Waals surface area contributed by atoms with E-state index >= 15 is 0 Å². The van der Waals surface area contributed by atoms with E-state index in [4.69, 9.17) is 9.47 Å². The summed E-state index contributed by atoms with van der Waals surface area (Å²) in [6.07, 6.45) is -0.723. The molecule has 1 N–H and O–H groups in total. The zero-order valence-corrected chi connectivity index (χ0v) is 8.37. The van der Waals surface area contributed by atoms with E-state index in [1.165, 1.54) is 26.4 Å². The van der Waals surface area contributed by atoms with E-state index < -0.39 is 11.9 Å². The van der Waals surface area contributed by atoms with Crippen LogP contribution in [0.25, 0.3) is 0 Å². The molecule has 4 heteroatoms. The normalized spacial score (nSPS) is 12.4. The van der Waals surface area contributed by atoms with E-state index in [1.807, 2.05) is 0 Å². The van der Waals surface area contributed by atoms with Crippen molar-refractivity contribution in [2.24, 2.45) is 0 Å². The van der Waals surface area contributed by atoms with Gasteiger partial charge < -0.3 is 14.6 Å². The lowest BCUT2D eigenvalue weighted by molar-refractivity contribution is 0.193. The number of hydrogen-bond donors (Lipinski definition) is 1. The average Bonchev–Trinajstić information content (AvgIpc) is 2.16. The molecule has 78 valence electrons. The van der Waals surface area contributed by atoms with Gasteiger partial charge in [-0.15, -0.1) is 0 Å². The van der Waals surface area contributed by atoms with Gasteiger partial charge in [0, 0.05) is 11.6 Å². The van der Waals surface area contributed by atoms with Crippen molar-refractivity contribution in [3.8, 4) is 11.5 Å². The minimum Gasteiger partial charge on any atom is -0.496 e. The molecule has 0 aromatic heterocycles. The highest BCUT2D eigenvalue weighted by molar-refractivity contribution is 5.42. The highest BCUT2D eigenvalue weighted by Crippen LogP contribution is 2.31. The largest absolute Gasteiger partial charge is 0.496 e. The molecule has 3 nitrogen and oxygen atoms in total. The Morgan fingerprint density at radius 2 is 1.79 bits per heavy atom. The lowest BCUT2D eigenvalue weighted by atomic mass is 10.1. The third-order valence-corrected chi connectivity index (χ3v) is 1.95. The van der Waals surface area contributed by atoms with E-state index in [2.05, 4.69) is 0 Å². The van der Waals surface area contributed by atoms with E-state index in [-0.39, 0.29) is 5.75 Å². The number of methoxy groups -OCH3 is 2. The van der Waals surface area contributed by atoms with Crippen LogP contribution >= 0.6 is 0 Å².